The highest BCUT2D eigenvalue weighted by molar-refractivity contribution is 6.42. The fraction of sp³-hybridized carbons (Fsp3) is 0.125. The van der Waals surface area contributed by atoms with Crippen molar-refractivity contribution in [3.05, 3.63) is 33.8 Å². The third-order valence-electron chi connectivity index (χ3n) is 1.38. The fourth-order valence-corrected chi connectivity index (χ4v) is 1.09. The molecule has 0 aliphatic rings. The van der Waals surface area contributed by atoms with Gasteiger partial charge in [0, 0.05) is 5.56 Å². The number of isocyanates is 1. The Kier molecular flexibility index (Phi) is 3.43. The predicted octanol–water partition coefficient (Wildman–Crippen LogP) is 3.30. The van der Waals surface area contributed by atoms with E-state index in [-0.39, 0.29) is 10.6 Å². The molecule has 1 aromatic rings. The second kappa shape index (κ2) is 4.38. The van der Waals surface area contributed by atoms with Gasteiger partial charge in [-0.2, -0.15) is 4.99 Å². The normalized spacial score (nSPS) is 11.9. The molecule has 68 valence electrons. The first-order valence-corrected chi connectivity index (χ1v) is 4.06. The third kappa shape index (κ3) is 2.52. The van der Waals surface area contributed by atoms with E-state index >= 15 is 0 Å². The smallest absolute Gasteiger partial charge is 0.215 e. The lowest BCUT2D eigenvalue weighted by molar-refractivity contribution is 0.356. The van der Waals surface area contributed by atoms with E-state index in [0.29, 0.717) is 5.02 Å². The molecule has 0 radical (unpaired) electrons. The average Bonchev–Trinajstić information content (AvgIpc) is 2.10. The SMILES string of the molecule is O=C=NC(F)c1ccc(Cl)c(Cl)c1. The topological polar surface area (TPSA) is 29.4 Å². The zero-order valence-corrected chi connectivity index (χ0v) is 7.81. The van der Waals surface area contributed by atoms with Gasteiger partial charge in [0.15, 0.2) is 0 Å². The summed E-state index contributed by atoms with van der Waals surface area (Å²) in [6.07, 6.45) is -0.605. The Morgan fingerprint density at radius 3 is 2.62 bits per heavy atom. The Bertz CT molecular complexity index is 363. The van der Waals surface area contributed by atoms with Gasteiger partial charge in [0.05, 0.1) is 10.0 Å². The van der Waals surface area contributed by atoms with Crippen LogP contribution < -0.4 is 0 Å². The van der Waals surface area contributed by atoms with Crippen LogP contribution in [0.1, 0.15) is 11.9 Å². The Balaban J connectivity index is 3.03. The number of rotatable bonds is 2. The van der Waals surface area contributed by atoms with Gasteiger partial charge < -0.3 is 0 Å². The summed E-state index contributed by atoms with van der Waals surface area (Å²) in [6.45, 7) is 0. The molecule has 0 aliphatic carbocycles. The van der Waals surface area contributed by atoms with Gasteiger partial charge in [-0.1, -0.05) is 29.3 Å². The summed E-state index contributed by atoms with van der Waals surface area (Å²) in [4.78, 5) is 12.6. The van der Waals surface area contributed by atoms with Crippen molar-refractivity contribution in [2.24, 2.45) is 4.99 Å². The molecule has 2 nitrogen and oxygen atoms in total. The highest BCUT2D eigenvalue weighted by Crippen LogP contribution is 2.27. The van der Waals surface area contributed by atoms with Crippen molar-refractivity contribution >= 4 is 29.3 Å². The minimum Gasteiger partial charge on any atom is -0.215 e. The molecule has 0 heterocycles. The maximum absolute atomic E-state index is 12.9. The van der Waals surface area contributed by atoms with Crippen LogP contribution in [0.4, 0.5) is 4.39 Å². The van der Waals surface area contributed by atoms with Gasteiger partial charge in [-0.15, -0.1) is 0 Å². The Hall–Kier alpha value is -0.890. The summed E-state index contributed by atoms with van der Waals surface area (Å²) in [5.41, 5.74) is 0.178. The van der Waals surface area contributed by atoms with E-state index in [1.165, 1.54) is 18.2 Å². The lowest BCUT2D eigenvalue weighted by Crippen LogP contribution is -1.86. The lowest BCUT2D eigenvalue weighted by atomic mass is 10.2. The zero-order valence-electron chi connectivity index (χ0n) is 6.30. The molecule has 0 fully saturated rings. The summed E-state index contributed by atoms with van der Waals surface area (Å²) in [6, 6.07) is 4.15. The van der Waals surface area contributed by atoms with Gasteiger partial charge in [0.2, 0.25) is 12.4 Å². The first kappa shape index (κ1) is 10.2. The van der Waals surface area contributed by atoms with Crippen LogP contribution in [0.15, 0.2) is 23.2 Å². The quantitative estimate of drug-likeness (QED) is 0.427. The summed E-state index contributed by atoms with van der Waals surface area (Å²) in [5, 5.41) is 0.551. The van der Waals surface area contributed by atoms with E-state index in [1.807, 2.05) is 0 Å². The van der Waals surface area contributed by atoms with Crippen LogP contribution in [0.2, 0.25) is 10.0 Å². The molecule has 5 heteroatoms. The van der Waals surface area contributed by atoms with Gasteiger partial charge in [-0.25, -0.2) is 9.18 Å². The van der Waals surface area contributed by atoms with Crippen LogP contribution in [-0.2, 0) is 4.79 Å². The molecule has 0 amide bonds. The number of nitrogens with zero attached hydrogens (tertiary/aromatic N) is 1. The highest BCUT2D eigenvalue weighted by atomic mass is 35.5. The van der Waals surface area contributed by atoms with Crippen LogP contribution in [0.3, 0.4) is 0 Å². The molecule has 1 unspecified atom stereocenters. The standard InChI is InChI=1S/C8H4Cl2FNO/c9-6-2-1-5(3-7(6)10)8(11)12-4-13/h1-3,8H. The average molecular weight is 220 g/mol. The molecule has 0 N–H and O–H groups in total. The molecule has 0 spiro atoms. The monoisotopic (exact) mass is 219 g/mol. The van der Waals surface area contributed by atoms with Gasteiger partial charge in [0.25, 0.3) is 0 Å². The van der Waals surface area contributed by atoms with E-state index in [1.54, 1.807) is 0 Å². The van der Waals surface area contributed by atoms with E-state index < -0.39 is 6.30 Å². The predicted molar refractivity (Wildman–Crippen MR) is 48.4 cm³/mol. The molecule has 0 aliphatic heterocycles. The summed E-state index contributed by atoms with van der Waals surface area (Å²) in [5.74, 6) is 0. The molecule has 1 rings (SSSR count). The number of hydrogen-bond acceptors (Lipinski definition) is 2. The Morgan fingerprint density at radius 2 is 2.08 bits per heavy atom. The van der Waals surface area contributed by atoms with Crippen LogP contribution in [-0.4, -0.2) is 6.08 Å². The Morgan fingerprint density at radius 1 is 1.38 bits per heavy atom. The number of hydrogen-bond donors (Lipinski definition) is 0. The molecule has 0 saturated heterocycles. The largest absolute Gasteiger partial charge is 0.238 e. The Labute approximate surface area is 84.0 Å². The molecule has 0 saturated carbocycles. The first-order chi connectivity index (χ1) is 6.15. The van der Waals surface area contributed by atoms with Crippen molar-refractivity contribution in [1.29, 1.82) is 0 Å². The third-order valence-corrected chi connectivity index (χ3v) is 2.12. The highest BCUT2D eigenvalue weighted by Gasteiger charge is 2.08. The number of halogens is 3. The summed E-state index contributed by atoms with van der Waals surface area (Å²) in [7, 11) is 0. The van der Waals surface area contributed by atoms with Crippen molar-refractivity contribution < 1.29 is 9.18 Å². The molecule has 0 bridgehead atoms. The van der Waals surface area contributed by atoms with Gasteiger partial charge in [-0.3, -0.25) is 0 Å². The molecular formula is C8H4Cl2FNO. The van der Waals surface area contributed by atoms with E-state index in [4.69, 9.17) is 23.2 Å². The molecule has 1 aromatic carbocycles. The number of alkyl halides is 1. The number of aliphatic imine (C=N–C) groups is 1. The van der Waals surface area contributed by atoms with Crippen LogP contribution in [0.25, 0.3) is 0 Å². The van der Waals surface area contributed by atoms with E-state index in [0.717, 1.165) is 6.08 Å². The molecule has 1 atom stereocenters. The van der Waals surface area contributed by atoms with E-state index in [9.17, 15) is 9.18 Å². The minimum atomic E-state index is -1.73. The van der Waals surface area contributed by atoms with E-state index in [2.05, 4.69) is 4.99 Å². The summed E-state index contributed by atoms with van der Waals surface area (Å²) >= 11 is 11.2. The number of benzene rings is 1. The summed E-state index contributed by atoms with van der Waals surface area (Å²) < 4.78 is 12.9. The molecule has 0 aromatic heterocycles. The number of carbonyl (C=O) groups excluding carboxylic acids is 1. The molecule has 13 heavy (non-hydrogen) atoms. The second-order valence-corrected chi connectivity index (χ2v) is 3.04. The fourth-order valence-electron chi connectivity index (χ4n) is 0.781. The first-order valence-electron chi connectivity index (χ1n) is 3.31. The second-order valence-electron chi connectivity index (χ2n) is 2.23. The van der Waals surface area contributed by atoms with Crippen molar-refractivity contribution in [2.45, 2.75) is 6.30 Å². The van der Waals surface area contributed by atoms with Crippen molar-refractivity contribution in [3.63, 3.8) is 0 Å². The maximum atomic E-state index is 12.9. The van der Waals surface area contributed by atoms with Crippen molar-refractivity contribution in [2.75, 3.05) is 0 Å². The van der Waals surface area contributed by atoms with Gasteiger partial charge in [-0.05, 0) is 12.1 Å². The lowest BCUT2D eigenvalue weighted by Gasteiger charge is -2.02. The van der Waals surface area contributed by atoms with Crippen LogP contribution in [0, 0.1) is 0 Å². The van der Waals surface area contributed by atoms with Gasteiger partial charge in [0.1, 0.15) is 0 Å². The maximum Gasteiger partial charge on any atom is 0.238 e. The minimum absolute atomic E-state index is 0.178. The van der Waals surface area contributed by atoms with Crippen molar-refractivity contribution in [3.8, 4) is 0 Å². The van der Waals surface area contributed by atoms with Gasteiger partial charge >= 0.3 is 0 Å². The zero-order chi connectivity index (χ0) is 9.84. The van der Waals surface area contributed by atoms with Crippen LogP contribution in [0.5, 0.6) is 0 Å². The van der Waals surface area contributed by atoms with Crippen LogP contribution >= 0.6 is 23.2 Å². The molecular weight excluding hydrogens is 216 g/mol. The van der Waals surface area contributed by atoms with Crippen molar-refractivity contribution in [1.82, 2.24) is 0 Å².